The van der Waals surface area contributed by atoms with E-state index in [2.05, 4.69) is 0 Å². The number of hydrogen-bond donors (Lipinski definition) is 2. The van der Waals surface area contributed by atoms with Gasteiger partial charge in [0.2, 0.25) is 0 Å². The maximum Gasteiger partial charge on any atom is 0.371 e. The van der Waals surface area contributed by atoms with Gasteiger partial charge in [0, 0.05) is 0 Å². The second-order valence-electron chi connectivity index (χ2n) is 5.38. The van der Waals surface area contributed by atoms with Crippen molar-refractivity contribution >= 4 is 20.8 Å². The van der Waals surface area contributed by atoms with Crippen LogP contribution in [0.2, 0.25) is 19.5 Å². The molecule has 0 aromatic carbocycles. The van der Waals surface area contributed by atoms with E-state index < -0.39 is 0 Å². The summed E-state index contributed by atoms with van der Waals surface area (Å²) < 4.78 is 4.74. The van der Waals surface area contributed by atoms with Crippen LogP contribution in [0.3, 0.4) is 0 Å². The van der Waals surface area contributed by atoms with Gasteiger partial charge in [0.15, 0.2) is 0 Å². The zero-order chi connectivity index (χ0) is 14.2. The molecular formula is C14H30B2NO2. The molecule has 0 atom stereocenters. The van der Waals surface area contributed by atoms with Crippen LogP contribution < -0.4 is 0 Å². The van der Waals surface area contributed by atoms with Crippen LogP contribution in [0, 0.1) is 5.41 Å². The van der Waals surface area contributed by atoms with E-state index in [0.717, 1.165) is 19.0 Å². The summed E-state index contributed by atoms with van der Waals surface area (Å²) in [7, 11) is 1.71. The molecule has 5 heteroatoms. The molecule has 0 amide bonds. The van der Waals surface area contributed by atoms with Gasteiger partial charge in [-0.1, -0.05) is 71.0 Å². The number of hydrogen-bond acceptors (Lipinski definition) is 3. The predicted octanol–water partition coefficient (Wildman–Crippen LogP) is 4.16. The van der Waals surface area contributed by atoms with Crippen molar-refractivity contribution in [1.82, 2.24) is 0 Å². The highest BCUT2D eigenvalue weighted by atomic mass is 16.4. The average molecular weight is 266 g/mol. The Morgan fingerprint density at radius 1 is 0.947 bits per heavy atom. The first-order valence-electron chi connectivity index (χ1n) is 7.91. The first-order chi connectivity index (χ1) is 9.27. The fraction of sp³-hybridized carbons (Fsp3) is 0.929. The molecule has 19 heavy (non-hydrogen) atoms. The first-order valence-corrected chi connectivity index (χ1v) is 7.91. The molecule has 2 N–H and O–H groups in total. The Bertz CT molecular complexity index is 192. The Balaban J connectivity index is 2.93. The lowest BCUT2D eigenvalue weighted by molar-refractivity contribution is 0.545. The molecule has 0 aliphatic heterocycles. The molecule has 109 valence electrons. The van der Waals surface area contributed by atoms with Gasteiger partial charge < -0.3 is 9.68 Å². The smallest absolute Gasteiger partial charge is 0.371 e. The lowest BCUT2D eigenvalue weighted by Gasteiger charge is -2.03. The third-order valence-electron chi connectivity index (χ3n) is 3.36. The van der Waals surface area contributed by atoms with Gasteiger partial charge in [0.05, 0.1) is 0 Å². The Labute approximate surface area is 120 Å². The van der Waals surface area contributed by atoms with E-state index in [1.165, 1.54) is 64.2 Å². The summed E-state index contributed by atoms with van der Waals surface area (Å²) in [5.74, 6) is 0. The van der Waals surface area contributed by atoms with E-state index in [1.54, 1.807) is 7.48 Å². The van der Waals surface area contributed by atoms with E-state index in [1.807, 2.05) is 6.82 Å². The van der Waals surface area contributed by atoms with Crippen LogP contribution >= 0.6 is 0 Å². The minimum absolute atomic E-state index is 0.123. The van der Waals surface area contributed by atoms with E-state index >= 15 is 0 Å². The Kier molecular flexibility index (Phi) is 15.3. The number of nitrogens with one attached hydrogen (secondary N) is 1. The maximum atomic E-state index is 9.12. The van der Waals surface area contributed by atoms with E-state index in [0.29, 0.717) is 0 Å². The molecule has 0 saturated carbocycles. The first kappa shape index (κ1) is 18.6. The highest BCUT2D eigenvalue weighted by molar-refractivity contribution is 6.48. The third-order valence-corrected chi connectivity index (χ3v) is 3.36. The summed E-state index contributed by atoms with van der Waals surface area (Å²) in [5.41, 5.74) is 0. The van der Waals surface area contributed by atoms with Crippen molar-refractivity contribution in [3.8, 4) is 0 Å². The van der Waals surface area contributed by atoms with Gasteiger partial charge in [-0.15, -0.1) is 0 Å². The van der Waals surface area contributed by atoms with Crippen LogP contribution in [0.15, 0.2) is 0 Å². The van der Waals surface area contributed by atoms with Gasteiger partial charge in [-0.05, 0) is 12.6 Å². The van der Waals surface area contributed by atoms with Crippen molar-refractivity contribution in [3.05, 3.63) is 0 Å². The molecule has 0 rings (SSSR count). The molecule has 0 unspecified atom stereocenters. The normalized spacial score (nSPS) is 10.2. The topological polar surface area (TPSA) is 53.3 Å². The third kappa shape index (κ3) is 17.6. The summed E-state index contributed by atoms with van der Waals surface area (Å²) in [5, 5.41) is 15.8. The molecule has 3 nitrogen and oxygen atoms in total. The lowest BCUT2D eigenvalue weighted by Crippen LogP contribution is -2.03. The Morgan fingerprint density at radius 2 is 1.42 bits per heavy atom. The zero-order valence-corrected chi connectivity index (χ0v) is 12.6. The summed E-state index contributed by atoms with van der Waals surface area (Å²) in [6.45, 7) is 1.75. The van der Waals surface area contributed by atoms with Crippen molar-refractivity contribution in [3.63, 3.8) is 0 Å². The monoisotopic (exact) mass is 266 g/mol. The van der Waals surface area contributed by atoms with Gasteiger partial charge in [-0.2, -0.15) is 0 Å². The van der Waals surface area contributed by atoms with E-state index in [4.69, 9.17) is 15.1 Å². The molecule has 0 aliphatic rings. The predicted molar refractivity (Wildman–Crippen MR) is 85.2 cm³/mol. The molecule has 1 radical (unpaired) electrons. The van der Waals surface area contributed by atoms with E-state index in [-0.39, 0.29) is 6.92 Å². The molecule has 0 aromatic rings. The van der Waals surface area contributed by atoms with Crippen molar-refractivity contribution in [2.45, 2.75) is 83.7 Å². The Hall–Kier alpha value is -0.440. The largest absolute Gasteiger partial charge is 0.556 e. The van der Waals surface area contributed by atoms with Gasteiger partial charge in [0.1, 0.15) is 6.40 Å². The van der Waals surface area contributed by atoms with Crippen LogP contribution in [-0.2, 0) is 4.65 Å². The Morgan fingerprint density at radius 3 is 1.89 bits per heavy atom. The fourth-order valence-corrected chi connectivity index (χ4v) is 2.20. The molecule has 0 fully saturated rings. The summed E-state index contributed by atoms with van der Waals surface area (Å²) in [6, 6.07) is 0. The average Bonchev–Trinajstić information content (AvgIpc) is 2.39. The van der Waals surface area contributed by atoms with Gasteiger partial charge in [0.25, 0.3) is 6.92 Å². The van der Waals surface area contributed by atoms with Crippen molar-refractivity contribution < 1.29 is 9.68 Å². The number of rotatable bonds is 15. The van der Waals surface area contributed by atoms with Crippen LogP contribution in [-0.4, -0.2) is 25.8 Å². The highest BCUT2D eigenvalue weighted by Crippen LogP contribution is 2.12. The van der Waals surface area contributed by atoms with Gasteiger partial charge in [-0.25, -0.2) is 0 Å². The molecule has 0 aromatic heterocycles. The molecule has 0 heterocycles. The molecule has 0 aliphatic carbocycles. The standard InChI is InChI=1S/C14H30B2NO2/c1-16(18)13-11-9-7-5-3-2-4-6-8-10-12-15-19-14-17/h14,17-18H,2-13H2,1H3. The maximum absolute atomic E-state index is 9.12. The SMILES string of the molecule is CB(O)CCCCCCCCCCCC[B]OC=N. The number of unbranched alkanes of at least 4 members (excludes halogenated alkanes) is 9. The van der Waals surface area contributed by atoms with E-state index in [9.17, 15) is 0 Å². The molecular weight excluding hydrogens is 236 g/mol. The highest BCUT2D eigenvalue weighted by Gasteiger charge is 2.00. The minimum atomic E-state index is -0.123. The minimum Gasteiger partial charge on any atom is -0.556 e. The lowest BCUT2D eigenvalue weighted by atomic mass is 9.67. The second-order valence-corrected chi connectivity index (χ2v) is 5.38. The summed E-state index contributed by atoms with van der Waals surface area (Å²) in [6.07, 6.45) is 15.8. The van der Waals surface area contributed by atoms with Crippen LogP contribution in [0.25, 0.3) is 0 Å². The molecule has 0 spiro atoms. The second kappa shape index (κ2) is 15.6. The van der Waals surface area contributed by atoms with Gasteiger partial charge >= 0.3 is 7.48 Å². The summed E-state index contributed by atoms with van der Waals surface area (Å²) in [4.78, 5) is 0. The quantitative estimate of drug-likeness (QED) is 0.202. The molecule has 0 saturated heterocycles. The van der Waals surface area contributed by atoms with Crippen LogP contribution in [0.1, 0.15) is 64.2 Å². The molecule has 0 bridgehead atoms. The van der Waals surface area contributed by atoms with Crippen molar-refractivity contribution in [2.24, 2.45) is 0 Å². The zero-order valence-electron chi connectivity index (χ0n) is 12.6. The van der Waals surface area contributed by atoms with Crippen molar-refractivity contribution in [2.75, 3.05) is 0 Å². The van der Waals surface area contributed by atoms with Crippen LogP contribution in [0.5, 0.6) is 0 Å². The van der Waals surface area contributed by atoms with Crippen molar-refractivity contribution in [1.29, 1.82) is 5.41 Å². The summed E-state index contributed by atoms with van der Waals surface area (Å²) >= 11 is 0. The van der Waals surface area contributed by atoms with Crippen LogP contribution in [0.4, 0.5) is 0 Å². The fourth-order valence-electron chi connectivity index (χ4n) is 2.20. The van der Waals surface area contributed by atoms with Gasteiger partial charge in [-0.3, -0.25) is 5.41 Å².